The van der Waals surface area contributed by atoms with E-state index in [4.69, 9.17) is 5.73 Å². The van der Waals surface area contributed by atoms with Gasteiger partial charge in [-0.1, -0.05) is 20.3 Å². The van der Waals surface area contributed by atoms with Gasteiger partial charge >= 0.3 is 0 Å². The van der Waals surface area contributed by atoms with E-state index in [1.54, 1.807) is 0 Å². The van der Waals surface area contributed by atoms with Gasteiger partial charge in [-0.15, -0.1) is 0 Å². The van der Waals surface area contributed by atoms with Crippen LogP contribution in [-0.4, -0.2) is 30.1 Å². The van der Waals surface area contributed by atoms with Crippen LogP contribution in [0.5, 0.6) is 0 Å². The zero-order chi connectivity index (χ0) is 8.48. The van der Waals surface area contributed by atoms with Crippen molar-refractivity contribution in [2.45, 2.75) is 32.7 Å². The van der Waals surface area contributed by atoms with Crippen molar-refractivity contribution in [3.05, 3.63) is 0 Å². The number of hydrogen-bond acceptors (Lipinski definition) is 2. The molecule has 11 heavy (non-hydrogen) atoms. The van der Waals surface area contributed by atoms with Crippen molar-refractivity contribution in [3.63, 3.8) is 0 Å². The average Bonchev–Trinajstić information content (AvgIpc) is 1.83. The van der Waals surface area contributed by atoms with Crippen molar-refractivity contribution in [1.82, 2.24) is 4.90 Å². The monoisotopic (exact) mass is 156 g/mol. The summed E-state index contributed by atoms with van der Waals surface area (Å²) in [6.07, 6.45) is 1.28. The SMILES string of the molecule is CCC(C)CN1CC(C)(N)C1. The molecule has 0 aromatic carbocycles. The van der Waals surface area contributed by atoms with Crippen molar-refractivity contribution >= 4 is 0 Å². The van der Waals surface area contributed by atoms with E-state index >= 15 is 0 Å². The van der Waals surface area contributed by atoms with Crippen molar-refractivity contribution in [3.8, 4) is 0 Å². The van der Waals surface area contributed by atoms with Crippen LogP contribution < -0.4 is 5.73 Å². The summed E-state index contributed by atoms with van der Waals surface area (Å²) in [4.78, 5) is 2.44. The third-order valence-electron chi connectivity index (χ3n) is 2.44. The Morgan fingerprint density at radius 2 is 2.09 bits per heavy atom. The highest BCUT2D eigenvalue weighted by Gasteiger charge is 2.34. The molecule has 0 aromatic rings. The lowest BCUT2D eigenvalue weighted by Crippen LogP contribution is -2.65. The van der Waals surface area contributed by atoms with Crippen molar-refractivity contribution in [2.24, 2.45) is 11.7 Å². The molecule has 2 heteroatoms. The molecule has 0 aliphatic carbocycles. The van der Waals surface area contributed by atoms with Crippen molar-refractivity contribution < 1.29 is 0 Å². The van der Waals surface area contributed by atoms with Crippen molar-refractivity contribution in [1.29, 1.82) is 0 Å². The van der Waals surface area contributed by atoms with Crippen LogP contribution in [-0.2, 0) is 0 Å². The van der Waals surface area contributed by atoms with Gasteiger partial charge in [0.05, 0.1) is 0 Å². The molecular weight excluding hydrogens is 136 g/mol. The first-order valence-electron chi connectivity index (χ1n) is 4.55. The van der Waals surface area contributed by atoms with Gasteiger partial charge in [-0.3, -0.25) is 4.90 Å². The summed E-state index contributed by atoms with van der Waals surface area (Å²) >= 11 is 0. The van der Waals surface area contributed by atoms with Gasteiger partial charge in [0.1, 0.15) is 0 Å². The predicted molar refractivity (Wildman–Crippen MR) is 48.5 cm³/mol. The van der Waals surface area contributed by atoms with Gasteiger partial charge in [-0.05, 0) is 12.8 Å². The molecule has 1 aliphatic heterocycles. The smallest absolute Gasteiger partial charge is 0.0383 e. The summed E-state index contributed by atoms with van der Waals surface area (Å²) < 4.78 is 0. The molecule has 1 rings (SSSR count). The molecule has 0 bridgehead atoms. The molecule has 0 aromatic heterocycles. The predicted octanol–water partition coefficient (Wildman–Crippen LogP) is 1.07. The molecule has 1 atom stereocenters. The summed E-state index contributed by atoms with van der Waals surface area (Å²) in [6, 6.07) is 0. The first kappa shape index (κ1) is 9.01. The highest BCUT2D eigenvalue weighted by molar-refractivity contribution is 4.95. The quantitative estimate of drug-likeness (QED) is 0.662. The Bertz CT molecular complexity index is 124. The summed E-state index contributed by atoms with van der Waals surface area (Å²) in [5, 5.41) is 0. The van der Waals surface area contributed by atoms with Gasteiger partial charge in [0, 0.05) is 25.2 Å². The van der Waals surface area contributed by atoms with E-state index in [-0.39, 0.29) is 5.54 Å². The zero-order valence-electron chi connectivity index (χ0n) is 7.93. The number of hydrogen-bond donors (Lipinski definition) is 1. The van der Waals surface area contributed by atoms with Crippen molar-refractivity contribution in [2.75, 3.05) is 19.6 Å². The molecule has 0 radical (unpaired) electrons. The molecule has 0 saturated carbocycles. The minimum atomic E-state index is 0.105. The standard InChI is InChI=1S/C9H20N2/c1-4-8(2)5-11-6-9(3,10)7-11/h8H,4-7,10H2,1-3H3. The maximum absolute atomic E-state index is 5.89. The molecule has 0 amide bonds. The van der Waals surface area contributed by atoms with Crippen LogP contribution in [0.2, 0.25) is 0 Å². The molecule has 1 fully saturated rings. The number of nitrogens with two attached hydrogens (primary N) is 1. The second kappa shape index (κ2) is 3.11. The van der Waals surface area contributed by atoms with E-state index in [0.29, 0.717) is 0 Å². The Labute approximate surface area is 69.8 Å². The Hall–Kier alpha value is -0.0800. The minimum absolute atomic E-state index is 0.105. The first-order chi connectivity index (χ1) is 5.03. The fourth-order valence-corrected chi connectivity index (χ4v) is 1.67. The molecule has 1 unspecified atom stereocenters. The van der Waals surface area contributed by atoms with Gasteiger partial charge in [-0.2, -0.15) is 0 Å². The first-order valence-corrected chi connectivity index (χ1v) is 4.55. The fraction of sp³-hybridized carbons (Fsp3) is 1.00. The van der Waals surface area contributed by atoms with E-state index in [0.717, 1.165) is 19.0 Å². The van der Waals surface area contributed by atoms with Gasteiger partial charge in [0.25, 0.3) is 0 Å². The zero-order valence-corrected chi connectivity index (χ0v) is 7.93. The maximum Gasteiger partial charge on any atom is 0.0383 e. The molecule has 2 N–H and O–H groups in total. The summed E-state index contributed by atoms with van der Waals surface area (Å²) in [5.74, 6) is 0.825. The van der Waals surface area contributed by atoms with Crippen LogP contribution in [0, 0.1) is 5.92 Å². The lowest BCUT2D eigenvalue weighted by Gasteiger charge is -2.46. The number of likely N-dealkylation sites (tertiary alicyclic amines) is 1. The number of nitrogens with zero attached hydrogens (tertiary/aromatic N) is 1. The van der Waals surface area contributed by atoms with Gasteiger partial charge in [0.15, 0.2) is 0 Å². The largest absolute Gasteiger partial charge is 0.323 e. The Morgan fingerprint density at radius 3 is 2.45 bits per heavy atom. The van der Waals surface area contributed by atoms with E-state index in [1.165, 1.54) is 13.0 Å². The second-order valence-corrected chi connectivity index (χ2v) is 4.34. The van der Waals surface area contributed by atoms with Crippen LogP contribution in [0.4, 0.5) is 0 Å². The molecule has 1 heterocycles. The molecule has 2 nitrogen and oxygen atoms in total. The highest BCUT2D eigenvalue weighted by Crippen LogP contribution is 2.18. The summed E-state index contributed by atoms with van der Waals surface area (Å²) in [7, 11) is 0. The molecule has 1 aliphatic rings. The second-order valence-electron chi connectivity index (χ2n) is 4.34. The van der Waals surface area contributed by atoms with Crippen LogP contribution in [0.1, 0.15) is 27.2 Å². The fourth-order valence-electron chi connectivity index (χ4n) is 1.67. The van der Waals surface area contributed by atoms with Crippen LogP contribution >= 0.6 is 0 Å². The van der Waals surface area contributed by atoms with Gasteiger partial charge < -0.3 is 5.73 Å². The Balaban J connectivity index is 2.13. The van der Waals surface area contributed by atoms with E-state index < -0.39 is 0 Å². The van der Waals surface area contributed by atoms with E-state index in [9.17, 15) is 0 Å². The Morgan fingerprint density at radius 1 is 1.55 bits per heavy atom. The molecular formula is C9H20N2. The average molecular weight is 156 g/mol. The highest BCUT2D eigenvalue weighted by atomic mass is 15.2. The number of rotatable bonds is 3. The van der Waals surface area contributed by atoms with E-state index in [1.807, 2.05) is 0 Å². The third-order valence-corrected chi connectivity index (χ3v) is 2.44. The summed E-state index contributed by atoms with van der Waals surface area (Å²) in [6.45, 7) is 10.1. The molecule has 1 saturated heterocycles. The normalized spacial score (nSPS) is 26.2. The minimum Gasteiger partial charge on any atom is -0.323 e. The summed E-state index contributed by atoms with van der Waals surface area (Å²) in [5.41, 5.74) is 5.99. The van der Waals surface area contributed by atoms with Crippen LogP contribution in [0.3, 0.4) is 0 Å². The van der Waals surface area contributed by atoms with Crippen LogP contribution in [0.25, 0.3) is 0 Å². The maximum atomic E-state index is 5.89. The van der Waals surface area contributed by atoms with Crippen LogP contribution in [0.15, 0.2) is 0 Å². The van der Waals surface area contributed by atoms with Gasteiger partial charge in [-0.25, -0.2) is 0 Å². The lowest BCUT2D eigenvalue weighted by molar-refractivity contribution is 0.0690. The molecule has 0 spiro atoms. The third kappa shape index (κ3) is 2.46. The molecule has 66 valence electrons. The lowest BCUT2D eigenvalue weighted by atomic mass is 9.92. The van der Waals surface area contributed by atoms with Gasteiger partial charge in [0.2, 0.25) is 0 Å². The topological polar surface area (TPSA) is 29.3 Å². The van der Waals surface area contributed by atoms with E-state index in [2.05, 4.69) is 25.7 Å². The Kier molecular flexibility index (Phi) is 2.55.